The highest BCUT2D eigenvalue weighted by molar-refractivity contribution is 5.86. The zero-order valence-electron chi connectivity index (χ0n) is 15.1. The summed E-state index contributed by atoms with van der Waals surface area (Å²) in [4.78, 5) is 22.6. The lowest BCUT2D eigenvalue weighted by molar-refractivity contribution is -0.139. The Labute approximate surface area is 139 Å². The molecule has 0 aromatic heterocycles. The SMILES string of the molecule is CC(C)(C=CC1CCCC1C(C)(C)C)NC(=O)[C@@H](N)CC(=O)O. The fraction of sp³-hybridized carbons (Fsp3) is 0.778. The van der Waals surface area contributed by atoms with E-state index in [2.05, 4.69) is 32.2 Å². The first kappa shape index (κ1) is 19.7. The molecule has 5 nitrogen and oxygen atoms in total. The molecule has 132 valence electrons. The van der Waals surface area contributed by atoms with Crippen LogP contribution >= 0.6 is 0 Å². The van der Waals surface area contributed by atoms with Gasteiger partial charge in [0.15, 0.2) is 0 Å². The third-order valence-electron chi connectivity index (χ3n) is 4.62. The molecule has 1 rings (SSSR count). The lowest BCUT2D eigenvalue weighted by atomic mass is 9.74. The summed E-state index contributed by atoms with van der Waals surface area (Å²) in [6.07, 6.45) is 7.54. The van der Waals surface area contributed by atoms with Crippen LogP contribution in [-0.4, -0.2) is 28.6 Å². The number of amides is 1. The molecule has 0 radical (unpaired) electrons. The molecule has 5 heteroatoms. The van der Waals surface area contributed by atoms with Crippen molar-refractivity contribution in [3.05, 3.63) is 12.2 Å². The number of carbonyl (C=O) groups excluding carboxylic acids is 1. The average Bonchev–Trinajstić information content (AvgIpc) is 2.83. The Morgan fingerprint density at radius 1 is 1.26 bits per heavy atom. The van der Waals surface area contributed by atoms with Gasteiger partial charge in [-0.25, -0.2) is 0 Å². The number of carbonyl (C=O) groups is 2. The summed E-state index contributed by atoms with van der Waals surface area (Å²) in [5.74, 6) is -0.320. The third kappa shape index (κ3) is 6.34. The quantitative estimate of drug-likeness (QED) is 0.655. The molecule has 0 aromatic rings. The fourth-order valence-corrected chi connectivity index (χ4v) is 3.39. The van der Waals surface area contributed by atoms with Crippen molar-refractivity contribution in [2.75, 3.05) is 0 Å². The number of carboxylic acids is 1. The molecule has 0 aromatic carbocycles. The number of hydrogen-bond acceptors (Lipinski definition) is 3. The molecule has 1 aliphatic rings. The van der Waals surface area contributed by atoms with Crippen LogP contribution in [0.3, 0.4) is 0 Å². The van der Waals surface area contributed by atoms with E-state index in [-0.39, 0.29) is 11.8 Å². The van der Waals surface area contributed by atoms with E-state index < -0.39 is 23.5 Å². The summed E-state index contributed by atoms with van der Waals surface area (Å²) in [5.41, 5.74) is 5.34. The highest BCUT2D eigenvalue weighted by Crippen LogP contribution is 2.44. The summed E-state index contributed by atoms with van der Waals surface area (Å²) >= 11 is 0. The smallest absolute Gasteiger partial charge is 0.305 e. The van der Waals surface area contributed by atoms with Gasteiger partial charge in [-0.1, -0.05) is 39.3 Å². The van der Waals surface area contributed by atoms with Crippen molar-refractivity contribution in [2.24, 2.45) is 23.0 Å². The minimum atomic E-state index is -1.07. The summed E-state index contributed by atoms with van der Waals surface area (Å²) in [7, 11) is 0. The van der Waals surface area contributed by atoms with E-state index in [0.717, 1.165) is 0 Å². The van der Waals surface area contributed by atoms with Gasteiger partial charge < -0.3 is 16.2 Å². The van der Waals surface area contributed by atoms with Crippen molar-refractivity contribution in [1.29, 1.82) is 0 Å². The second-order valence-electron chi connectivity index (χ2n) is 8.34. The van der Waals surface area contributed by atoms with E-state index >= 15 is 0 Å². The van der Waals surface area contributed by atoms with E-state index in [1.54, 1.807) is 0 Å². The molecule has 1 amide bonds. The van der Waals surface area contributed by atoms with Gasteiger partial charge in [-0.15, -0.1) is 0 Å². The van der Waals surface area contributed by atoms with Gasteiger partial charge in [-0.2, -0.15) is 0 Å². The van der Waals surface area contributed by atoms with E-state index in [1.165, 1.54) is 19.3 Å². The zero-order valence-corrected chi connectivity index (χ0v) is 15.1. The second kappa shape index (κ2) is 7.47. The highest BCUT2D eigenvalue weighted by Gasteiger charge is 2.34. The molecule has 2 unspecified atom stereocenters. The first-order valence-corrected chi connectivity index (χ1v) is 8.41. The van der Waals surface area contributed by atoms with E-state index in [4.69, 9.17) is 10.8 Å². The van der Waals surface area contributed by atoms with Gasteiger partial charge in [0.1, 0.15) is 0 Å². The van der Waals surface area contributed by atoms with Gasteiger partial charge >= 0.3 is 5.97 Å². The molecule has 0 aliphatic heterocycles. The van der Waals surface area contributed by atoms with Crippen LogP contribution in [0.25, 0.3) is 0 Å². The topological polar surface area (TPSA) is 92.4 Å². The van der Waals surface area contributed by atoms with E-state index in [1.807, 2.05) is 19.9 Å². The largest absolute Gasteiger partial charge is 0.481 e. The maximum atomic E-state index is 12.0. The number of nitrogens with one attached hydrogen (secondary N) is 1. The van der Waals surface area contributed by atoms with Crippen LogP contribution in [0.1, 0.15) is 60.3 Å². The monoisotopic (exact) mass is 324 g/mol. The first-order valence-electron chi connectivity index (χ1n) is 8.41. The normalized spacial score (nSPS) is 23.9. The summed E-state index contributed by atoms with van der Waals surface area (Å²) in [6.45, 7) is 10.6. The van der Waals surface area contributed by atoms with Gasteiger partial charge in [0, 0.05) is 0 Å². The van der Waals surface area contributed by atoms with Gasteiger partial charge in [0.2, 0.25) is 5.91 Å². The number of hydrogen-bond donors (Lipinski definition) is 3. The first-order chi connectivity index (χ1) is 10.4. The molecule has 23 heavy (non-hydrogen) atoms. The van der Waals surface area contributed by atoms with Crippen LogP contribution in [-0.2, 0) is 9.59 Å². The van der Waals surface area contributed by atoms with Gasteiger partial charge in [0.25, 0.3) is 0 Å². The number of nitrogens with two attached hydrogens (primary N) is 1. The molecular weight excluding hydrogens is 292 g/mol. The van der Waals surface area contributed by atoms with Crippen molar-refractivity contribution in [1.82, 2.24) is 5.32 Å². The van der Waals surface area contributed by atoms with Gasteiger partial charge in [0.05, 0.1) is 18.0 Å². The molecule has 0 spiro atoms. The number of carboxylic acid groups (broad SMARTS) is 1. The Hall–Kier alpha value is -1.36. The molecule has 0 bridgehead atoms. The molecule has 3 atom stereocenters. The Morgan fingerprint density at radius 2 is 1.87 bits per heavy atom. The third-order valence-corrected chi connectivity index (χ3v) is 4.62. The number of aliphatic carboxylic acids is 1. The number of rotatable bonds is 6. The average molecular weight is 324 g/mol. The van der Waals surface area contributed by atoms with Crippen LogP contribution in [0.5, 0.6) is 0 Å². The summed E-state index contributed by atoms with van der Waals surface area (Å²) in [5, 5.41) is 11.5. The van der Waals surface area contributed by atoms with Crippen molar-refractivity contribution in [3.63, 3.8) is 0 Å². The number of allylic oxidation sites excluding steroid dienone is 1. The lowest BCUT2D eigenvalue weighted by Gasteiger charge is -2.32. The zero-order chi connectivity index (χ0) is 17.8. The second-order valence-corrected chi connectivity index (χ2v) is 8.34. The van der Waals surface area contributed by atoms with Crippen LogP contribution in [0, 0.1) is 17.3 Å². The minimum Gasteiger partial charge on any atom is -0.481 e. The molecule has 0 heterocycles. The van der Waals surface area contributed by atoms with Gasteiger partial charge in [-0.3, -0.25) is 9.59 Å². The van der Waals surface area contributed by atoms with Gasteiger partial charge in [-0.05, 0) is 43.9 Å². The standard InChI is InChI=1S/C18H32N2O3/c1-17(2,3)13-8-6-7-12(13)9-10-18(4,5)20-16(23)14(19)11-15(21)22/h9-10,12-14H,6-8,11,19H2,1-5H3,(H,20,23)(H,21,22)/t12?,13?,14-/m0/s1. The predicted molar refractivity (Wildman–Crippen MR) is 91.9 cm³/mol. The fourth-order valence-electron chi connectivity index (χ4n) is 3.39. The van der Waals surface area contributed by atoms with E-state index in [9.17, 15) is 9.59 Å². The maximum Gasteiger partial charge on any atom is 0.305 e. The van der Waals surface area contributed by atoms with Crippen LogP contribution in [0.4, 0.5) is 0 Å². The maximum absolute atomic E-state index is 12.0. The predicted octanol–water partition coefficient (Wildman–Crippen LogP) is 2.70. The molecular formula is C18H32N2O3. The highest BCUT2D eigenvalue weighted by atomic mass is 16.4. The van der Waals surface area contributed by atoms with Crippen molar-refractivity contribution >= 4 is 11.9 Å². The summed E-state index contributed by atoms with van der Waals surface area (Å²) in [6, 6.07) is -1.02. The summed E-state index contributed by atoms with van der Waals surface area (Å²) < 4.78 is 0. The molecule has 0 saturated heterocycles. The molecule has 1 saturated carbocycles. The Kier molecular flexibility index (Phi) is 6.40. The molecule has 1 aliphatic carbocycles. The van der Waals surface area contributed by atoms with Crippen LogP contribution in [0.2, 0.25) is 0 Å². The van der Waals surface area contributed by atoms with Crippen molar-refractivity contribution in [3.8, 4) is 0 Å². The Balaban J connectivity index is 2.66. The molecule has 4 N–H and O–H groups in total. The molecule has 1 fully saturated rings. The van der Waals surface area contributed by atoms with E-state index in [0.29, 0.717) is 11.8 Å². The van der Waals surface area contributed by atoms with Crippen LogP contribution in [0.15, 0.2) is 12.2 Å². The minimum absolute atomic E-state index is 0.280. The Morgan fingerprint density at radius 3 is 2.39 bits per heavy atom. The Bertz CT molecular complexity index is 463. The van der Waals surface area contributed by atoms with Crippen molar-refractivity contribution < 1.29 is 14.7 Å². The van der Waals surface area contributed by atoms with Crippen LogP contribution < -0.4 is 11.1 Å². The van der Waals surface area contributed by atoms with Crippen molar-refractivity contribution in [2.45, 2.75) is 71.9 Å². The lowest BCUT2D eigenvalue weighted by Crippen LogP contribution is -2.50.